The van der Waals surface area contributed by atoms with E-state index in [0.29, 0.717) is 30.6 Å². The SMILES string of the molecule is C=CCCCOC(=O)OCn1c(=O)c(C2CCN(C=O)CC2)cc2ccccc21. The number of likely N-dealkylation sites (tertiary alicyclic amines) is 1. The zero-order chi connectivity index (χ0) is 20.6. The Labute approximate surface area is 169 Å². The molecule has 0 unspecified atom stereocenters. The lowest BCUT2D eigenvalue weighted by molar-refractivity contribution is -0.119. The van der Waals surface area contributed by atoms with Gasteiger partial charge in [0.25, 0.3) is 5.56 Å². The van der Waals surface area contributed by atoms with Crippen molar-refractivity contribution < 1.29 is 19.1 Å². The normalized spacial score (nSPS) is 14.6. The number of carbonyl (C=O) groups is 2. The maximum absolute atomic E-state index is 13.2. The average molecular weight is 398 g/mol. The summed E-state index contributed by atoms with van der Waals surface area (Å²) in [4.78, 5) is 37.7. The number of piperidine rings is 1. The number of carbonyl (C=O) groups excluding carboxylic acids is 2. The van der Waals surface area contributed by atoms with Gasteiger partial charge in [-0.1, -0.05) is 24.3 Å². The quantitative estimate of drug-likeness (QED) is 0.295. The van der Waals surface area contributed by atoms with Crippen molar-refractivity contribution in [2.45, 2.75) is 38.3 Å². The average Bonchev–Trinajstić information content (AvgIpc) is 2.76. The number of para-hydroxylation sites is 1. The zero-order valence-electron chi connectivity index (χ0n) is 16.4. The van der Waals surface area contributed by atoms with Gasteiger partial charge < -0.3 is 14.4 Å². The fourth-order valence-electron chi connectivity index (χ4n) is 3.63. The molecule has 1 saturated heterocycles. The molecule has 29 heavy (non-hydrogen) atoms. The van der Waals surface area contributed by atoms with Crippen LogP contribution in [0.2, 0.25) is 0 Å². The Morgan fingerprint density at radius 1 is 1.21 bits per heavy atom. The summed E-state index contributed by atoms with van der Waals surface area (Å²) in [6, 6.07) is 9.43. The minimum atomic E-state index is -0.797. The molecule has 0 aliphatic carbocycles. The number of allylic oxidation sites excluding steroid dienone is 1. The van der Waals surface area contributed by atoms with E-state index in [4.69, 9.17) is 9.47 Å². The molecule has 7 heteroatoms. The number of pyridine rings is 1. The largest absolute Gasteiger partial charge is 0.510 e. The highest BCUT2D eigenvalue weighted by molar-refractivity contribution is 5.79. The molecule has 0 N–H and O–H groups in total. The van der Waals surface area contributed by atoms with E-state index in [1.54, 1.807) is 11.0 Å². The van der Waals surface area contributed by atoms with Gasteiger partial charge in [-0.2, -0.15) is 0 Å². The van der Waals surface area contributed by atoms with Crippen molar-refractivity contribution in [3.8, 4) is 0 Å². The Morgan fingerprint density at radius 3 is 2.69 bits per heavy atom. The van der Waals surface area contributed by atoms with E-state index >= 15 is 0 Å². The first kappa shape index (κ1) is 20.6. The van der Waals surface area contributed by atoms with E-state index in [9.17, 15) is 14.4 Å². The Balaban J connectivity index is 1.79. The molecule has 0 radical (unpaired) electrons. The highest BCUT2D eigenvalue weighted by atomic mass is 16.7. The highest BCUT2D eigenvalue weighted by Gasteiger charge is 2.23. The summed E-state index contributed by atoms with van der Waals surface area (Å²) < 4.78 is 11.7. The van der Waals surface area contributed by atoms with E-state index in [2.05, 4.69) is 6.58 Å². The second-order valence-corrected chi connectivity index (χ2v) is 7.11. The van der Waals surface area contributed by atoms with Crippen molar-refractivity contribution in [1.29, 1.82) is 0 Å². The lowest BCUT2D eigenvalue weighted by Crippen LogP contribution is -2.35. The Kier molecular flexibility index (Phi) is 7.05. The standard InChI is InChI=1S/C22H26N2O5/c1-2-3-6-13-28-22(27)29-16-24-20-8-5-4-7-18(20)14-19(21(24)26)17-9-11-23(15-25)12-10-17/h2,4-5,7-8,14-15,17H,1,3,6,9-13,16H2. The van der Waals surface area contributed by atoms with Crippen LogP contribution in [-0.4, -0.2) is 41.7 Å². The number of ether oxygens (including phenoxy) is 2. The number of hydrogen-bond acceptors (Lipinski definition) is 5. The Bertz CT molecular complexity index is 928. The lowest BCUT2D eigenvalue weighted by atomic mass is 9.89. The van der Waals surface area contributed by atoms with E-state index in [-0.39, 0.29) is 24.8 Å². The van der Waals surface area contributed by atoms with Gasteiger partial charge >= 0.3 is 6.16 Å². The van der Waals surface area contributed by atoms with Crippen molar-refractivity contribution in [2.75, 3.05) is 19.7 Å². The van der Waals surface area contributed by atoms with Crippen LogP contribution in [0.4, 0.5) is 4.79 Å². The summed E-state index contributed by atoms with van der Waals surface area (Å²) in [5.41, 5.74) is 1.22. The number of benzene rings is 1. The highest BCUT2D eigenvalue weighted by Crippen LogP contribution is 2.27. The van der Waals surface area contributed by atoms with Crippen molar-refractivity contribution in [3.05, 3.63) is 58.9 Å². The molecule has 1 fully saturated rings. The minimum Gasteiger partial charge on any atom is -0.434 e. The lowest BCUT2D eigenvalue weighted by Gasteiger charge is -2.29. The molecule has 1 aliphatic rings. The molecule has 2 aromatic rings. The molecule has 3 rings (SSSR count). The first-order chi connectivity index (χ1) is 14.1. The molecule has 2 heterocycles. The number of amides is 1. The predicted octanol–water partition coefficient (Wildman–Crippen LogP) is 3.41. The van der Waals surface area contributed by atoms with Gasteiger partial charge in [-0.3, -0.25) is 14.2 Å². The van der Waals surface area contributed by atoms with Crippen LogP contribution in [0.15, 0.2) is 47.8 Å². The Morgan fingerprint density at radius 2 is 1.97 bits per heavy atom. The number of hydrogen-bond donors (Lipinski definition) is 0. The third-order valence-electron chi connectivity index (χ3n) is 5.23. The van der Waals surface area contributed by atoms with Gasteiger partial charge in [0.2, 0.25) is 6.41 Å². The summed E-state index contributed by atoms with van der Waals surface area (Å²) in [5.74, 6) is 0.0698. The third-order valence-corrected chi connectivity index (χ3v) is 5.23. The fourth-order valence-corrected chi connectivity index (χ4v) is 3.63. The minimum absolute atomic E-state index is 0.0698. The molecule has 154 valence electrons. The molecule has 1 aromatic carbocycles. The summed E-state index contributed by atoms with van der Waals surface area (Å²) in [5, 5.41) is 0.905. The van der Waals surface area contributed by atoms with Crippen LogP contribution in [0.3, 0.4) is 0 Å². The predicted molar refractivity (Wildman–Crippen MR) is 110 cm³/mol. The number of nitrogens with zero attached hydrogens (tertiary/aromatic N) is 2. The number of fused-ring (bicyclic) bond motifs is 1. The number of unbranched alkanes of at least 4 members (excludes halogenated alkanes) is 1. The smallest absolute Gasteiger partial charge is 0.434 e. The van der Waals surface area contributed by atoms with Crippen molar-refractivity contribution in [1.82, 2.24) is 9.47 Å². The van der Waals surface area contributed by atoms with Gasteiger partial charge in [0, 0.05) is 18.7 Å². The second-order valence-electron chi connectivity index (χ2n) is 7.11. The molecular weight excluding hydrogens is 372 g/mol. The maximum Gasteiger partial charge on any atom is 0.510 e. The van der Waals surface area contributed by atoms with Gasteiger partial charge in [-0.15, -0.1) is 6.58 Å². The molecule has 1 aromatic heterocycles. The first-order valence-electron chi connectivity index (χ1n) is 9.86. The zero-order valence-corrected chi connectivity index (χ0v) is 16.4. The molecule has 0 saturated carbocycles. The van der Waals surface area contributed by atoms with Crippen molar-refractivity contribution in [2.24, 2.45) is 0 Å². The molecule has 7 nitrogen and oxygen atoms in total. The number of aromatic nitrogens is 1. The van der Waals surface area contributed by atoms with Gasteiger partial charge in [-0.25, -0.2) is 4.79 Å². The number of rotatable bonds is 8. The summed E-state index contributed by atoms with van der Waals surface area (Å²) in [6.07, 6.45) is 4.71. The third kappa shape index (κ3) is 5.04. The van der Waals surface area contributed by atoms with E-state index in [1.807, 2.05) is 30.3 Å². The van der Waals surface area contributed by atoms with Crippen LogP contribution in [-0.2, 0) is 21.0 Å². The molecule has 1 aliphatic heterocycles. The second kappa shape index (κ2) is 9.91. The summed E-state index contributed by atoms with van der Waals surface area (Å²) in [7, 11) is 0. The fraction of sp³-hybridized carbons (Fsp3) is 0.409. The Hall–Kier alpha value is -3.09. The van der Waals surface area contributed by atoms with Crippen molar-refractivity contribution >= 4 is 23.5 Å². The van der Waals surface area contributed by atoms with Gasteiger partial charge in [0.15, 0.2) is 6.73 Å². The topological polar surface area (TPSA) is 77.8 Å². The summed E-state index contributed by atoms with van der Waals surface area (Å²) in [6.45, 7) is 4.92. The van der Waals surface area contributed by atoms with Crippen LogP contribution in [0, 0.1) is 0 Å². The van der Waals surface area contributed by atoms with Gasteiger partial charge in [0.1, 0.15) is 0 Å². The van der Waals surface area contributed by atoms with E-state index in [1.165, 1.54) is 4.57 Å². The molecule has 0 atom stereocenters. The monoisotopic (exact) mass is 398 g/mol. The van der Waals surface area contributed by atoms with Crippen LogP contribution < -0.4 is 5.56 Å². The molecule has 1 amide bonds. The van der Waals surface area contributed by atoms with Gasteiger partial charge in [-0.05, 0) is 49.1 Å². The van der Waals surface area contributed by atoms with Crippen LogP contribution >= 0.6 is 0 Å². The van der Waals surface area contributed by atoms with Crippen LogP contribution in [0.5, 0.6) is 0 Å². The van der Waals surface area contributed by atoms with E-state index in [0.717, 1.165) is 31.1 Å². The van der Waals surface area contributed by atoms with E-state index < -0.39 is 6.16 Å². The first-order valence-corrected chi connectivity index (χ1v) is 9.86. The van der Waals surface area contributed by atoms with Crippen molar-refractivity contribution in [3.63, 3.8) is 0 Å². The maximum atomic E-state index is 13.2. The van der Waals surface area contributed by atoms with Gasteiger partial charge in [0.05, 0.1) is 12.1 Å². The van der Waals surface area contributed by atoms with Crippen LogP contribution in [0.1, 0.15) is 37.2 Å². The summed E-state index contributed by atoms with van der Waals surface area (Å²) >= 11 is 0. The molecule has 0 spiro atoms. The molecule has 0 bridgehead atoms. The van der Waals surface area contributed by atoms with Crippen LogP contribution in [0.25, 0.3) is 10.9 Å². The molecular formula is C22H26N2O5.